The lowest BCUT2D eigenvalue weighted by Gasteiger charge is -1.97. The van der Waals surface area contributed by atoms with Gasteiger partial charge < -0.3 is 9.72 Å². The predicted molar refractivity (Wildman–Crippen MR) is 46.3 cm³/mol. The Kier molecular flexibility index (Phi) is 2.50. The molecule has 0 spiro atoms. The minimum absolute atomic E-state index is 0.0852. The van der Waals surface area contributed by atoms with Gasteiger partial charge in [-0.15, -0.1) is 6.42 Å². The molecule has 0 saturated carbocycles. The molecule has 1 aromatic heterocycles. The molecule has 0 unspecified atom stereocenters. The third-order valence-electron chi connectivity index (χ3n) is 1.48. The van der Waals surface area contributed by atoms with Gasteiger partial charge in [0.25, 0.3) is 5.56 Å². The van der Waals surface area contributed by atoms with Crippen molar-refractivity contribution in [1.29, 1.82) is 0 Å². The summed E-state index contributed by atoms with van der Waals surface area (Å²) in [6, 6.07) is 1.31. The number of pyridine rings is 1. The maximum atomic E-state index is 11.1. The molecule has 1 aromatic rings. The Hall–Kier alpha value is -2.02. The van der Waals surface area contributed by atoms with Crippen LogP contribution in [0, 0.1) is 12.3 Å². The summed E-state index contributed by atoms with van der Waals surface area (Å²) in [5.74, 6) is 1.60. The molecule has 0 saturated heterocycles. The van der Waals surface area contributed by atoms with Crippen molar-refractivity contribution in [2.75, 3.05) is 7.11 Å². The second-order valence-corrected chi connectivity index (χ2v) is 2.27. The first-order chi connectivity index (χ1) is 6.19. The SMILES string of the molecule is C#Cc1c[nH]c(=O)c(C(=O)OC)c1. The van der Waals surface area contributed by atoms with Crippen LogP contribution in [0.2, 0.25) is 0 Å². The molecule has 1 heterocycles. The summed E-state index contributed by atoms with van der Waals surface area (Å²) >= 11 is 0. The Morgan fingerprint density at radius 1 is 1.69 bits per heavy atom. The zero-order chi connectivity index (χ0) is 9.84. The molecule has 0 aromatic carbocycles. The first-order valence-corrected chi connectivity index (χ1v) is 3.46. The van der Waals surface area contributed by atoms with Gasteiger partial charge in [-0.3, -0.25) is 4.79 Å². The van der Waals surface area contributed by atoms with Crippen molar-refractivity contribution >= 4 is 5.97 Å². The molecule has 0 fully saturated rings. The van der Waals surface area contributed by atoms with Crippen LogP contribution < -0.4 is 5.56 Å². The van der Waals surface area contributed by atoms with Crippen molar-refractivity contribution < 1.29 is 9.53 Å². The van der Waals surface area contributed by atoms with E-state index in [1.54, 1.807) is 0 Å². The van der Waals surface area contributed by atoms with Crippen LogP contribution in [0.4, 0.5) is 0 Å². The van der Waals surface area contributed by atoms with E-state index in [9.17, 15) is 9.59 Å². The van der Waals surface area contributed by atoms with E-state index in [-0.39, 0.29) is 5.56 Å². The molecule has 0 aliphatic rings. The van der Waals surface area contributed by atoms with Gasteiger partial charge in [0, 0.05) is 11.8 Å². The lowest BCUT2D eigenvalue weighted by atomic mass is 10.2. The van der Waals surface area contributed by atoms with Crippen LogP contribution in [0.3, 0.4) is 0 Å². The fraction of sp³-hybridized carbons (Fsp3) is 0.111. The van der Waals surface area contributed by atoms with E-state index in [2.05, 4.69) is 15.6 Å². The van der Waals surface area contributed by atoms with Gasteiger partial charge in [-0.05, 0) is 6.07 Å². The molecule has 66 valence electrons. The molecule has 0 atom stereocenters. The summed E-state index contributed by atoms with van der Waals surface area (Å²) in [4.78, 5) is 24.4. The minimum atomic E-state index is -0.696. The molecule has 4 heteroatoms. The van der Waals surface area contributed by atoms with Crippen molar-refractivity contribution in [3.8, 4) is 12.3 Å². The van der Waals surface area contributed by atoms with Gasteiger partial charge in [0.1, 0.15) is 5.56 Å². The van der Waals surface area contributed by atoms with Gasteiger partial charge in [0.2, 0.25) is 0 Å². The molecule has 1 N–H and O–H groups in total. The quantitative estimate of drug-likeness (QED) is 0.490. The summed E-state index contributed by atoms with van der Waals surface area (Å²) in [5.41, 5.74) is -0.163. The number of hydrogen-bond donors (Lipinski definition) is 1. The lowest BCUT2D eigenvalue weighted by molar-refractivity contribution is 0.0598. The molecule has 0 aliphatic heterocycles. The van der Waals surface area contributed by atoms with E-state index >= 15 is 0 Å². The largest absolute Gasteiger partial charge is 0.465 e. The number of nitrogens with one attached hydrogen (secondary N) is 1. The third-order valence-corrected chi connectivity index (χ3v) is 1.48. The molecule has 0 aliphatic carbocycles. The standard InChI is InChI=1S/C9H7NO3/c1-3-6-4-7(9(12)13-2)8(11)10-5-6/h1,4-5H,2H3,(H,10,11). The number of carbonyl (C=O) groups is 1. The average molecular weight is 177 g/mol. The minimum Gasteiger partial charge on any atom is -0.465 e. The Labute approximate surface area is 74.5 Å². The number of hydrogen-bond acceptors (Lipinski definition) is 3. The number of terminal acetylenes is 1. The fourth-order valence-electron chi connectivity index (χ4n) is 0.829. The smallest absolute Gasteiger partial charge is 0.343 e. The monoisotopic (exact) mass is 177 g/mol. The van der Waals surface area contributed by atoms with Crippen LogP contribution in [0.15, 0.2) is 17.1 Å². The van der Waals surface area contributed by atoms with E-state index in [1.807, 2.05) is 0 Å². The lowest BCUT2D eigenvalue weighted by Crippen LogP contribution is -2.18. The second kappa shape index (κ2) is 3.59. The van der Waals surface area contributed by atoms with Gasteiger partial charge in [0.15, 0.2) is 0 Å². The number of esters is 1. The van der Waals surface area contributed by atoms with Crippen LogP contribution in [0.25, 0.3) is 0 Å². The number of H-pyrrole nitrogens is 1. The maximum absolute atomic E-state index is 11.1. The van der Waals surface area contributed by atoms with Crippen molar-refractivity contribution in [3.63, 3.8) is 0 Å². The van der Waals surface area contributed by atoms with E-state index < -0.39 is 11.5 Å². The summed E-state index contributed by atoms with van der Waals surface area (Å²) in [5, 5.41) is 0. The van der Waals surface area contributed by atoms with Gasteiger partial charge in [-0.1, -0.05) is 5.92 Å². The number of methoxy groups -OCH3 is 1. The first-order valence-electron chi connectivity index (χ1n) is 3.46. The third kappa shape index (κ3) is 1.76. The van der Waals surface area contributed by atoms with Crippen molar-refractivity contribution in [2.24, 2.45) is 0 Å². The van der Waals surface area contributed by atoms with Gasteiger partial charge in [-0.2, -0.15) is 0 Å². The highest BCUT2D eigenvalue weighted by Crippen LogP contribution is 1.97. The van der Waals surface area contributed by atoms with E-state index in [0.29, 0.717) is 5.56 Å². The van der Waals surface area contributed by atoms with Crippen LogP contribution in [0.5, 0.6) is 0 Å². The highest BCUT2D eigenvalue weighted by molar-refractivity contribution is 5.89. The normalized spacial score (nSPS) is 8.92. The Morgan fingerprint density at radius 3 is 2.92 bits per heavy atom. The topological polar surface area (TPSA) is 59.2 Å². The number of carbonyl (C=O) groups excluding carboxylic acids is 1. The van der Waals surface area contributed by atoms with Crippen LogP contribution in [0.1, 0.15) is 15.9 Å². The van der Waals surface area contributed by atoms with Crippen LogP contribution in [-0.2, 0) is 4.74 Å². The van der Waals surface area contributed by atoms with Gasteiger partial charge in [-0.25, -0.2) is 4.79 Å². The number of rotatable bonds is 1. The number of ether oxygens (including phenoxy) is 1. The van der Waals surface area contributed by atoms with Crippen LogP contribution in [-0.4, -0.2) is 18.1 Å². The van der Waals surface area contributed by atoms with Gasteiger partial charge in [0.05, 0.1) is 7.11 Å². The predicted octanol–water partition coefficient (Wildman–Crippen LogP) is 0.143. The Bertz CT molecular complexity index is 425. The summed E-state index contributed by atoms with van der Waals surface area (Å²) in [7, 11) is 1.20. The molecular formula is C9H7NO3. The molecule has 0 radical (unpaired) electrons. The summed E-state index contributed by atoms with van der Waals surface area (Å²) in [6.07, 6.45) is 6.44. The molecule has 13 heavy (non-hydrogen) atoms. The first kappa shape index (κ1) is 9.07. The average Bonchev–Trinajstić information content (AvgIpc) is 2.17. The fourth-order valence-corrected chi connectivity index (χ4v) is 0.829. The van der Waals surface area contributed by atoms with Crippen molar-refractivity contribution in [2.45, 2.75) is 0 Å². The van der Waals surface area contributed by atoms with Crippen molar-refractivity contribution in [3.05, 3.63) is 33.7 Å². The second-order valence-electron chi connectivity index (χ2n) is 2.27. The highest BCUT2D eigenvalue weighted by Gasteiger charge is 2.10. The summed E-state index contributed by atoms with van der Waals surface area (Å²) in [6.45, 7) is 0. The van der Waals surface area contributed by atoms with E-state index in [1.165, 1.54) is 19.4 Å². The Balaban J connectivity index is 3.29. The van der Waals surface area contributed by atoms with Gasteiger partial charge >= 0.3 is 5.97 Å². The molecule has 0 amide bonds. The zero-order valence-corrected chi connectivity index (χ0v) is 6.96. The number of aromatic amines is 1. The van der Waals surface area contributed by atoms with Crippen LogP contribution >= 0.6 is 0 Å². The van der Waals surface area contributed by atoms with Crippen molar-refractivity contribution in [1.82, 2.24) is 4.98 Å². The van der Waals surface area contributed by atoms with E-state index in [4.69, 9.17) is 6.42 Å². The Morgan fingerprint density at radius 2 is 2.38 bits per heavy atom. The number of aromatic nitrogens is 1. The molecular weight excluding hydrogens is 170 g/mol. The highest BCUT2D eigenvalue weighted by atomic mass is 16.5. The zero-order valence-electron chi connectivity index (χ0n) is 6.96. The summed E-state index contributed by atoms with van der Waals surface area (Å²) < 4.78 is 4.39. The molecule has 0 bridgehead atoms. The molecule has 1 rings (SSSR count). The van der Waals surface area contributed by atoms with E-state index in [0.717, 1.165) is 0 Å². The maximum Gasteiger partial charge on any atom is 0.343 e. The molecule has 4 nitrogen and oxygen atoms in total.